The van der Waals surface area contributed by atoms with Gasteiger partial charge in [-0.3, -0.25) is 4.79 Å². The molecule has 3 rings (SSSR count). The van der Waals surface area contributed by atoms with Crippen LogP contribution in [-0.4, -0.2) is 43.8 Å². The van der Waals surface area contributed by atoms with Crippen molar-refractivity contribution >= 4 is 15.7 Å². The third-order valence-corrected chi connectivity index (χ3v) is 6.96. The number of nitrogens with zero attached hydrogens (tertiary/aromatic N) is 1. The van der Waals surface area contributed by atoms with E-state index in [1.165, 1.54) is 16.7 Å². The Kier molecular flexibility index (Phi) is 4.50. The van der Waals surface area contributed by atoms with Crippen LogP contribution in [0, 0.1) is 19.8 Å². The Hall–Kier alpha value is -1.36. The van der Waals surface area contributed by atoms with E-state index in [1.54, 1.807) is 0 Å². The van der Waals surface area contributed by atoms with Crippen molar-refractivity contribution in [3.63, 3.8) is 0 Å². The monoisotopic (exact) mass is 335 g/mol. The quantitative estimate of drug-likeness (QED) is 0.852. The van der Waals surface area contributed by atoms with E-state index in [0.717, 1.165) is 25.9 Å². The first kappa shape index (κ1) is 16.5. The number of likely N-dealkylation sites (tertiary alicyclic amines) is 1. The first-order chi connectivity index (χ1) is 10.8. The summed E-state index contributed by atoms with van der Waals surface area (Å²) in [4.78, 5) is 14.2. The molecule has 2 aliphatic heterocycles. The molecule has 1 aromatic rings. The van der Waals surface area contributed by atoms with Gasteiger partial charge in [-0.15, -0.1) is 0 Å². The Labute approximate surface area is 138 Å². The number of amides is 1. The molecule has 0 aliphatic carbocycles. The van der Waals surface area contributed by atoms with Crippen molar-refractivity contribution in [1.82, 2.24) is 4.90 Å². The average molecular weight is 335 g/mol. The Balaban J connectivity index is 1.53. The van der Waals surface area contributed by atoms with Gasteiger partial charge in [-0.25, -0.2) is 8.42 Å². The lowest BCUT2D eigenvalue weighted by atomic mass is 9.87. The smallest absolute Gasteiger partial charge is 0.222 e. The van der Waals surface area contributed by atoms with Crippen molar-refractivity contribution < 1.29 is 13.2 Å². The molecule has 0 N–H and O–H groups in total. The third kappa shape index (κ3) is 3.94. The number of aryl methyl sites for hydroxylation is 2. The van der Waals surface area contributed by atoms with Crippen LogP contribution < -0.4 is 0 Å². The number of rotatable bonds is 3. The molecule has 4 nitrogen and oxygen atoms in total. The highest BCUT2D eigenvalue weighted by atomic mass is 32.2. The minimum Gasteiger partial charge on any atom is -0.343 e. The van der Waals surface area contributed by atoms with Crippen LogP contribution in [0.5, 0.6) is 0 Å². The molecule has 0 bridgehead atoms. The number of hydrogen-bond acceptors (Lipinski definition) is 3. The number of benzene rings is 1. The molecule has 2 aliphatic rings. The van der Waals surface area contributed by atoms with Crippen LogP contribution in [0.2, 0.25) is 0 Å². The zero-order valence-electron chi connectivity index (χ0n) is 13.9. The molecule has 0 radical (unpaired) electrons. The van der Waals surface area contributed by atoms with E-state index in [0.29, 0.717) is 12.3 Å². The first-order valence-corrected chi connectivity index (χ1v) is 10.2. The highest BCUT2D eigenvalue weighted by Crippen LogP contribution is 2.30. The number of carbonyl (C=O) groups excluding carboxylic acids is 1. The van der Waals surface area contributed by atoms with Crippen LogP contribution in [0.1, 0.15) is 41.9 Å². The Morgan fingerprint density at radius 3 is 2.17 bits per heavy atom. The van der Waals surface area contributed by atoms with Gasteiger partial charge in [0.2, 0.25) is 5.91 Å². The standard InChI is InChI=1S/C18H25NO3S/c1-13-7-14(2)9-17(8-13)16-3-5-19(6-4-16)18(20)10-15-11-23(21,22)12-15/h7-9,15-16H,3-6,10-12H2,1-2H3. The molecule has 2 fully saturated rings. The summed E-state index contributed by atoms with van der Waals surface area (Å²) >= 11 is 0. The lowest BCUT2D eigenvalue weighted by molar-refractivity contribution is -0.133. The van der Waals surface area contributed by atoms with Crippen LogP contribution in [0.4, 0.5) is 0 Å². The van der Waals surface area contributed by atoms with Gasteiger partial charge in [0.05, 0.1) is 11.5 Å². The molecule has 0 atom stereocenters. The topological polar surface area (TPSA) is 54.5 Å². The van der Waals surface area contributed by atoms with Gasteiger partial charge in [-0.2, -0.15) is 0 Å². The Morgan fingerprint density at radius 2 is 1.65 bits per heavy atom. The van der Waals surface area contributed by atoms with Crippen LogP contribution in [-0.2, 0) is 14.6 Å². The number of sulfone groups is 1. The van der Waals surface area contributed by atoms with Gasteiger partial charge < -0.3 is 4.90 Å². The van der Waals surface area contributed by atoms with Crippen molar-refractivity contribution in [2.45, 2.75) is 39.0 Å². The van der Waals surface area contributed by atoms with Gasteiger partial charge in [-0.1, -0.05) is 29.3 Å². The van der Waals surface area contributed by atoms with Gasteiger partial charge in [0.1, 0.15) is 0 Å². The minimum atomic E-state index is -2.83. The van der Waals surface area contributed by atoms with E-state index < -0.39 is 9.84 Å². The number of carbonyl (C=O) groups is 1. The highest BCUT2D eigenvalue weighted by molar-refractivity contribution is 7.92. The molecule has 2 heterocycles. The second kappa shape index (κ2) is 6.27. The van der Waals surface area contributed by atoms with Gasteiger partial charge in [0.25, 0.3) is 0 Å². The van der Waals surface area contributed by atoms with Crippen LogP contribution in [0.25, 0.3) is 0 Å². The Morgan fingerprint density at radius 1 is 1.09 bits per heavy atom. The summed E-state index contributed by atoms with van der Waals surface area (Å²) in [6, 6.07) is 6.71. The van der Waals surface area contributed by atoms with Crippen molar-refractivity contribution in [2.24, 2.45) is 5.92 Å². The summed E-state index contributed by atoms with van der Waals surface area (Å²) in [6.45, 7) is 5.83. The van der Waals surface area contributed by atoms with E-state index in [-0.39, 0.29) is 23.3 Å². The second-order valence-corrected chi connectivity index (χ2v) is 9.38. The first-order valence-electron chi connectivity index (χ1n) is 8.39. The Bertz CT molecular complexity index is 671. The van der Waals surface area contributed by atoms with Gasteiger partial charge in [0, 0.05) is 19.5 Å². The van der Waals surface area contributed by atoms with Gasteiger partial charge >= 0.3 is 0 Å². The van der Waals surface area contributed by atoms with Crippen LogP contribution in [0.15, 0.2) is 18.2 Å². The van der Waals surface area contributed by atoms with Crippen LogP contribution in [0.3, 0.4) is 0 Å². The molecule has 5 heteroatoms. The zero-order valence-corrected chi connectivity index (χ0v) is 14.7. The lowest BCUT2D eigenvalue weighted by Crippen LogP contribution is -2.43. The summed E-state index contributed by atoms with van der Waals surface area (Å²) < 4.78 is 22.4. The molecule has 0 unspecified atom stereocenters. The molecule has 0 saturated carbocycles. The molecule has 126 valence electrons. The largest absolute Gasteiger partial charge is 0.343 e. The average Bonchev–Trinajstić information content (AvgIpc) is 2.44. The predicted molar refractivity (Wildman–Crippen MR) is 91.2 cm³/mol. The van der Waals surface area contributed by atoms with E-state index in [9.17, 15) is 13.2 Å². The van der Waals surface area contributed by atoms with Crippen LogP contribution >= 0.6 is 0 Å². The summed E-state index contributed by atoms with van der Waals surface area (Å²) in [5.74, 6) is 1.09. The maximum atomic E-state index is 12.3. The van der Waals surface area contributed by atoms with E-state index in [2.05, 4.69) is 32.0 Å². The van der Waals surface area contributed by atoms with E-state index in [4.69, 9.17) is 0 Å². The molecule has 23 heavy (non-hydrogen) atoms. The normalized spacial score (nSPS) is 21.9. The molecular weight excluding hydrogens is 310 g/mol. The fraction of sp³-hybridized carbons (Fsp3) is 0.611. The zero-order chi connectivity index (χ0) is 16.6. The lowest BCUT2D eigenvalue weighted by Gasteiger charge is -2.34. The van der Waals surface area contributed by atoms with Crippen molar-refractivity contribution in [1.29, 1.82) is 0 Å². The maximum absolute atomic E-state index is 12.3. The third-order valence-electron chi connectivity index (χ3n) is 5.01. The fourth-order valence-electron chi connectivity index (χ4n) is 3.87. The van der Waals surface area contributed by atoms with E-state index in [1.807, 2.05) is 4.90 Å². The molecule has 2 saturated heterocycles. The summed E-state index contributed by atoms with van der Waals surface area (Å²) in [6.07, 6.45) is 2.39. The van der Waals surface area contributed by atoms with Gasteiger partial charge in [-0.05, 0) is 44.1 Å². The summed E-state index contributed by atoms with van der Waals surface area (Å²) in [7, 11) is -2.83. The van der Waals surface area contributed by atoms with E-state index >= 15 is 0 Å². The van der Waals surface area contributed by atoms with Crippen molar-refractivity contribution in [3.8, 4) is 0 Å². The molecule has 1 aromatic carbocycles. The van der Waals surface area contributed by atoms with Crippen molar-refractivity contribution in [2.75, 3.05) is 24.6 Å². The second-order valence-electron chi connectivity index (χ2n) is 7.22. The fourth-order valence-corrected chi connectivity index (χ4v) is 5.45. The molecule has 1 amide bonds. The van der Waals surface area contributed by atoms with Crippen molar-refractivity contribution in [3.05, 3.63) is 34.9 Å². The number of hydrogen-bond donors (Lipinski definition) is 0. The molecular formula is C18H25NO3S. The SMILES string of the molecule is Cc1cc(C)cc(C2CCN(C(=O)CC3CS(=O)(=O)C3)CC2)c1. The molecule has 0 aromatic heterocycles. The minimum absolute atomic E-state index is 0.0460. The van der Waals surface area contributed by atoms with Gasteiger partial charge in [0.15, 0.2) is 9.84 Å². The highest BCUT2D eigenvalue weighted by Gasteiger charge is 2.36. The predicted octanol–water partition coefficient (Wildman–Crippen LogP) is 2.44. The summed E-state index contributed by atoms with van der Waals surface area (Å²) in [5.41, 5.74) is 3.98. The maximum Gasteiger partial charge on any atom is 0.222 e. The molecule has 0 spiro atoms. The summed E-state index contributed by atoms with van der Waals surface area (Å²) in [5, 5.41) is 0. The number of piperidine rings is 1.